The highest BCUT2D eigenvalue weighted by atomic mass is 32.1. The Morgan fingerprint density at radius 2 is 1.10 bits per heavy atom. The number of hydrogen-bond acceptors (Lipinski definition) is 4. The van der Waals surface area contributed by atoms with Gasteiger partial charge in [-0.15, -0.1) is 11.3 Å². The van der Waals surface area contributed by atoms with Gasteiger partial charge in [-0.05, 0) is 110 Å². The predicted octanol–water partition coefficient (Wildman–Crippen LogP) is 13.6. The largest absolute Gasteiger partial charge is 0.456 e. The van der Waals surface area contributed by atoms with Crippen LogP contribution in [-0.2, 0) is 5.41 Å². The summed E-state index contributed by atoms with van der Waals surface area (Å²) in [4.78, 5) is 7.30. The summed E-state index contributed by atoms with van der Waals surface area (Å²) in [7, 11) is 0. The van der Waals surface area contributed by atoms with E-state index < -0.39 is 0 Å². The summed E-state index contributed by atoms with van der Waals surface area (Å²) < 4.78 is 8.87. The first-order valence-corrected chi connectivity index (χ1v) is 17.6. The fourth-order valence-electron chi connectivity index (χ4n) is 7.57. The molecule has 49 heavy (non-hydrogen) atoms. The number of aromatic nitrogens is 1. The summed E-state index contributed by atoms with van der Waals surface area (Å²) in [5.74, 6) is 0.884. The van der Waals surface area contributed by atoms with E-state index in [1.807, 2.05) is 29.7 Å². The molecule has 0 spiro atoms. The minimum atomic E-state index is -0.0265. The number of fused-ring (bicyclic) bond motifs is 12. The van der Waals surface area contributed by atoms with E-state index in [4.69, 9.17) is 9.40 Å². The van der Waals surface area contributed by atoms with Crippen molar-refractivity contribution >= 4 is 103 Å². The Morgan fingerprint density at radius 1 is 0.490 bits per heavy atom. The zero-order chi connectivity index (χ0) is 32.9. The van der Waals surface area contributed by atoms with Gasteiger partial charge in [-0.25, -0.2) is 4.98 Å². The van der Waals surface area contributed by atoms with Gasteiger partial charge >= 0.3 is 0 Å². The van der Waals surface area contributed by atoms with Crippen LogP contribution in [-0.4, -0.2) is 4.98 Å². The number of anilines is 3. The standard InChI is InChI=1S/C45H32N2OS/c1-45(2,3)27-20-21-46-44(22-27)47(29-17-19-41-38(24-29)33-12-6-8-14-40(33)48-41)28-16-18-32-30-10-4-5-11-31(30)37-26-43-39(25-36(37)35(32)23-28)34-13-7-9-15-42(34)49-43/h4-26H,1-3H3. The van der Waals surface area contributed by atoms with E-state index >= 15 is 0 Å². The minimum absolute atomic E-state index is 0.0265. The fourth-order valence-corrected chi connectivity index (χ4v) is 8.70. The molecule has 0 aliphatic heterocycles. The average molecular weight is 649 g/mol. The summed E-state index contributed by atoms with van der Waals surface area (Å²) in [6, 6.07) is 48.5. The van der Waals surface area contributed by atoms with Gasteiger partial charge in [0.1, 0.15) is 17.0 Å². The molecule has 0 N–H and O–H groups in total. The van der Waals surface area contributed by atoms with Gasteiger partial charge in [0.05, 0.1) is 0 Å². The van der Waals surface area contributed by atoms with Gasteiger partial charge in [0.15, 0.2) is 0 Å². The maximum absolute atomic E-state index is 6.23. The third kappa shape index (κ3) is 4.37. The van der Waals surface area contributed by atoms with Crippen LogP contribution in [0.5, 0.6) is 0 Å². The molecule has 0 bridgehead atoms. The highest BCUT2D eigenvalue weighted by molar-refractivity contribution is 7.25. The van der Waals surface area contributed by atoms with Gasteiger partial charge in [-0.1, -0.05) is 87.5 Å². The predicted molar refractivity (Wildman–Crippen MR) is 210 cm³/mol. The molecule has 0 aliphatic rings. The minimum Gasteiger partial charge on any atom is -0.456 e. The summed E-state index contributed by atoms with van der Waals surface area (Å²) in [5.41, 5.74) is 5.08. The van der Waals surface area contributed by atoms with Crippen molar-refractivity contribution in [3.05, 3.63) is 145 Å². The van der Waals surface area contributed by atoms with Crippen LogP contribution in [0.15, 0.2) is 144 Å². The Labute approximate surface area is 287 Å². The SMILES string of the molecule is CC(C)(C)c1ccnc(N(c2ccc3oc4ccccc4c3c2)c2ccc3c4ccccc4c4cc5sc6ccccc6c5cc4c3c2)c1. The van der Waals surface area contributed by atoms with Crippen molar-refractivity contribution in [2.24, 2.45) is 0 Å². The fraction of sp³-hybridized carbons (Fsp3) is 0.0889. The summed E-state index contributed by atoms with van der Waals surface area (Å²) in [6.45, 7) is 6.76. The normalized spacial score (nSPS) is 12.4. The number of pyridine rings is 1. The summed E-state index contributed by atoms with van der Waals surface area (Å²) in [5, 5.41) is 12.4. The van der Waals surface area contributed by atoms with E-state index in [0.29, 0.717) is 0 Å². The van der Waals surface area contributed by atoms with Crippen molar-refractivity contribution in [3.63, 3.8) is 0 Å². The molecule has 0 unspecified atom stereocenters. The summed E-state index contributed by atoms with van der Waals surface area (Å²) in [6.07, 6.45) is 1.94. The molecule has 0 radical (unpaired) electrons. The lowest BCUT2D eigenvalue weighted by molar-refractivity contribution is 0.589. The van der Waals surface area contributed by atoms with Crippen LogP contribution in [0, 0.1) is 0 Å². The Kier molecular flexibility index (Phi) is 6.01. The topological polar surface area (TPSA) is 29.3 Å². The molecule has 10 aromatic rings. The van der Waals surface area contributed by atoms with Gasteiger partial charge < -0.3 is 4.42 Å². The van der Waals surface area contributed by atoms with Gasteiger partial charge in [-0.3, -0.25) is 4.90 Å². The highest BCUT2D eigenvalue weighted by Gasteiger charge is 2.21. The number of thiophene rings is 1. The lowest BCUT2D eigenvalue weighted by atomic mass is 9.87. The van der Waals surface area contributed by atoms with Crippen molar-refractivity contribution in [2.45, 2.75) is 26.2 Å². The maximum atomic E-state index is 6.23. The number of hydrogen-bond donors (Lipinski definition) is 0. The molecule has 3 nitrogen and oxygen atoms in total. The van der Waals surface area contributed by atoms with Crippen molar-refractivity contribution in [2.75, 3.05) is 4.90 Å². The quantitative estimate of drug-likeness (QED) is 0.179. The molecular weight excluding hydrogens is 617 g/mol. The van der Waals surface area contributed by atoms with Crippen LogP contribution in [0.4, 0.5) is 17.2 Å². The molecule has 0 atom stereocenters. The van der Waals surface area contributed by atoms with E-state index in [2.05, 4.69) is 147 Å². The number of furan rings is 1. The van der Waals surface area contributed by atoms with Gasteiger partial charge in [0.2, 0.25) is 0 Å². The van der Waals surface area contributed by atoms with Gasteiger partial charge in [0, 0.05) is 48.5 Å². The van der Waals surface area contributed by atoms with Crippen LogP contribution in [0.3, 0.4) is 0 Å². The lowest BCUT2D eigenvalue weighted by Gasteiger charge is -2.27. The number of benzene rings is 7. The second-order valence-corrected chi connectivity index (χ2v) is 15.1. The van der Waals surface area contributed by atoms with Gasteiger partial charge in [0.25, 0.3) is 0 Å². The van der Waals surface area contributed by atoms with Crippen LogP contribution in [0.25, 0.3) is 74.4 Å². The summed E-state index contributed by atoms with van der Waals surface area (Å²) >= 11 is 1.87. The first-order chi connectivity index (χ1) is 23.9. The average Bonchev–Trinajstić information content (AvgIpc) is 3.68. The zero-order valence-electron chi connectivity index (χ0n) is 27.5. The van der Waals surface area contributed by atoms with Crippen LogP contribution >= 0.6 is 11.3 Å². The Balaban J connectivity index is 1.29. The molecule has 0 fully saturated rings. The molecule has 7 aromatic carbocycles. The first-order valence-electron chi connectivity index (χ1n) is 16.8. The molecule has 0 saturated carbocycles. The van der Waals surface area contributed by atoms with Crippen LogP contribution in [0.2, 0.25) is 0 Å². The lowest BCUT2D eigenvalue weighted by Crippen LogP contribution is -2.15. The first kappa shape index (κ1) is 28.3. The molecule has 0 saturated heterocycles. The Bertz CT molecular complexity index is 2940. The van der Waals surface area contributed by atoms with Crippen molar-refractivity contribution < 1.29 is 4.42 Å². The molecule has 0 aliphatic carbocycles. The Hall–Kier alpha value is -5.71. The smallest absolute Gasteiger partial charge is 0.137 e. The second-order valence-electron chi connectivity index (χ2n) is 14.0. The number of rotatable bonds is 3. The van der Waals surface area contributed by atoms with E-state index in [1.54, 1.807) is 0 Å². The second kappa shape index (κ2) is 10.4. The highest BCUT2D eigenvalue weighted by Crippen LogP contribution is 2.45. The molecule has 3 aromatic heterocycles. The molecule has 234 valence electrons. The Morgan fingerprint density at radius 3 is 1.92 bits per heavy atom. The van der Waals surface area contributed by atoms with Crippen molar-refractivity contribution in [1.29, 1.82) is 0 Å². The third-order valence-electron chi connectivity index (χ3n) is 10.0. The molecule has 3 heterocycles. The number of para-hydroxylation sites is 1. The molecule has 0 amide bonds. The third-order valence-corrected chi connectivity index (χ3v) is 11.2. The van der Waals surface area contributed by atoms with Crippen LogP contribution in [0.1, 0.15) is 26.3 Å². The maximum Gasteiger partial charge on any atom is 0.137 e. The monoisotopic (exact) mass is 648 g/mol. The molecular formula is C45H32N2OS. The van der Waals surface area contributed by atoms with E-state index in [0.717, 1.165) is 39.1 Å². The van der Waals surface area contributed by atoms with Crippen molar-refractivity contribution in [1.82, 2.24) is 4.98 Å². The number of nitrogens with zero attached hydrogens (tertiary/aromatic N) is 2. The van der Waals surface area contributed by atoms with Crippen LogP contribution < -0.4 is 4.90 Å². The van der Waals surface area contributed by atoms with Crippen molar-refractivity contribution in [3.8, 4) is 0 Å². The van der Waals surface area contributed by atoms with Gasteiger partial charge in [-0.2, -0.15) is 0 Å². The molecule has 4 heteroatoms. The zero-order valence-corrected chi connectivity index (χ0v) is 28.3. The molecule has 10 rings (SSSR count). The van der Waals surface area contributed by atoms with E-state index in [1.165, 1.54) is 58.1 Å². The van der Waals surface area contributed by atoms with E-state index in [-0.39, 0.29) is 5.41 Å². The van der Waals surface area contributed by atoms with E-state index in [9.17, 15) is 0 Å².